The third-order valence-corrected chi connectivity index (χ3v) is 3.93. The predicted molar refractivity (Wildman–Crippen MR) is 95.1 cm³/mol. The van der Waals surface area contributed by atoms with E-state index in [4.69, 9.17) is 4.98 Å². The Labute approximate surface area is 135 Å². The predicted octanol–water partition coefficient (Wildman–Crippen LogP) is 5.27. The van der Waals surface area contributed by atoms with Gasteiger partial charge >= 0.3 is 0 Å². The SMILES string of the molecule is Cc1cc(-c2ccccn2)cc(-c2ccc3ccccc3n2)c1. The van der Waals surface area contributed by atoms with Crippen LogP contribution in [0.15, 0.2) is 79.0 Å². The number of fused-ring (bicyclic) bond motifs is 1. The zero-order valence-corrected chi connectivity index (χ0v) is 12.9. The Morgan fingerprint density at radius 3 is 2.30 bits per heavy atom. The van der Waals surface area contributed by atoms with Crippen molar-refractivity contribution >= 4 is 10.9 Å². The maximum absolute atomic E-state index is 4.80. The zero-order valence-electron chi connectivity index (χ0n) is 12.9. The summed E-state index contributed by atoms with van der Waals surface area (Å²) in [6, 6.07) is 24.9. The molecule has 4 rings (SSSR count). The molecular formula is C21H16N2. The van der Waals surface area contributed by atoms with Gasteiger partial charge in [-0.1, -0.05) is 30.3 Å². The molecular weight excluding hydrogens is 280 g/mol. The molecule has 110 valence electrons. The first-order valence-electron chi connectivity index (χ1n) is 7.69. The summed E-state index contributed by atoms with van der Waals surface area (Å²) < 4.78 is 0. The highest BCUT2D eigenvalue weighted by atomic mass is 14.7. The lowest BCUT2D eigenvalue weighted by Crippen LogP contribution is -1.89. The number of rotatable bonds is 2. The van der Waals surface area contributed by atoms with Gasteiger partial charge in [-0.05, 0) is 55.0 Å². The van der Waals surface area contributed by atoms with E-state index < -0.39 is 0 Å². The zero-order chi connectivity index (χ0) is 15.6. The first-order chi connectivity index (χ1) is 11.3. The second-order valence-corrected chi connectivity index (χ2v) is 5.69. The molecule has 0 bridgehead atoms. The van der Waals surface area contributed by atoms with Crippen LogP contribution in [0.2, 0.25) is 0 Å². The highest BCUT2D eigenvalue weighted by Gasteiger charge is 2.06. The molecule has 0 radical (unpaired) electrons. The Balaban J connectivity index is 1.86. The lowest BCUT2D eigenvalue weighted by molar-refractivity contribution is 1.31. The van der Waals surface area contributed by atoms with Crippen molar-refractivity contribution in [2.75, 3.05) is 0 Å². The number of aryl methyl sites for hydroxylation is 1. The fourth-order valence-electron chi connectivity index (χ4n) is 2.84. The number of para-hydroxylation sites is 1. The van der Waals surface area contributed by atoms with Crippen LogP contribution in [0.4, 0.5) is 0 Å². The van der Waals surface area contributed by atoms with E-state index in [-0.39, 0.29) is 0 Å². The molecule has 0 aliphatic heterocycles. The Morgan fingerprint density at radius 2 is 1.48 bits per heavy atom. The van der Waals surface area contributed by atoms with Crippen molar-refractivity contribution in [2.24, 2.45) is 0 Å². The number of nitrogens with zero attached hydrogens (tertiary/aromatic N) is 2. The summed E-state index contributed by atoms with van der Waals surface area (Å²) >= 11 is 0. The summed E-state index contributed by atoms with van der Waals surface area (Å²) in [7, 11) is 0. The van der Waals surface area contributed by atoms with E-state index in [0.717, 1.165) is 33.4 Å². The second kappa shape index (κ2) is 5.65. The summed E-state index contributed by atoms with van der Waals surface area (Å²) in [5.41, 5.74) is 6.44. The van der Waals surface area contributed by atoms with Crippen LogP contribution in [0.1, 0.15) is 5.56 Å². The lowest BCUT2D eigenvalue weighted by Gasteiger charge is -2.08. The van der Waals surface area contributed by atoms with Gasteiger partial charge in [0.15, 0.2) is 0 Å². The maximum Gasteiger partial charge on any atom is 0.0710 e. The van der Waals surface area contributed by atoms with Crippen LogP contribution in [-0.2, 0) is 0 Å². The Bertz CT molecular complexity index is 975. The van der Waals surface area contributed by atoms with Gasteiger partial charge in [0, 0.05) is 22.7 Å². The van der Waals surface area contributed by atoms with Crippen molar-refractivity contribution in [3.05, 3.63) is 84.6 Å². The van der Waals surface area contributed by atoms with E-state index in [9.17, 15) is 0 Å². The fraction of sp³-hybridized carbons (Fsp3) is 0.0476. The van der Waals surface area contributed by atoms with Crippen molar-refractivity contribution in [1.82, 2.24) is 9.97 Å². The Kier molecular flexibility index (Phi) is 3.35. The van der Waals surface area contributed by atoms with Crippen LogP contribution in [-0.4, -0.2) is 9.97 Å². The molecule has 2 aromatic heterocycles. The van der Waals surface area contributed by atoms with Gasteiger partial charge in [0.1, 0.15) is 0 Å². The Hall–Kier alpha value is -3.00. The summed E-state index contributed by atoms with van der Waals surface area (Å²) in [5, 5.41) is 1.16. The highest BCUT2D eigenvalue weighted by molar-refractivity contribution is 5.82. The first kappa shape index (κ1) is 13.6. The van der Waals surface area contributed by atoms with Gasteiger partial charge < -0.3 is 0 Å². The van der Waals surface area contributed by atoms with Gasteiger partial charge in [0.25, 0.3) is 0 Å². The largest absolute Gasteiger partial charge is 0.256 e. The molecule has 0 spiro atoms. The molecule has 2 nitrogen and oxygen atoms in total. The van der Waals surface area contributed by atoms with Crippen LogP contribution in [0.5, 0.6) is 0 Å². The minimum atomic E-state index is 0.984. The third-order valence-electron chi connectivity index (χ3n) is 3.93. The van der Waals surface area contributed by atoms with Crippen LogP contribution in [0.3, 0.4) is 0 Å². The third kappa shape index (κ3) is 2.71. The van der Waals surface area contributed by atoms with Crippen LogP contribution >= 0.6 is 0 Å². The number of hydrogen-bond acceptors (Lipinski definition) is 2. The molecule has 0 aliphatic rings. The summed E-state index contributed by atoms with van der Waals surface area (Å²) in [6.45, 7) is 2.11. The molecule has 0 saturated heterocycles. The molecule has 2 aromatic carbocycles. The number of aromatic nitrogens is 2. The van der Waals surface area contributed by atoms with Crippen molar-refractivity contribution in [3.8, 4) is 22.5 Å². The average Bonchev–Trinajstić information content (AvgIpc) is 2.61. The average molecular weight is 296 g/mol. The molecule has 0 atom stereocenters. The van der Waals surface area contributed by atoms with Crippen molar-refractivity contribution in [1.29, 1.82) is 0 Å². The van der Waals surface area contributed by atoms with E-state index in [1.54, 1.807) is 0 Å². The minimum absolute atomic E-state index is 0.984. The number of hydrogen-bond donors (Lipinski definition) is 0. The van der Waals surface area contributed by atoms with E-state index in [1.807, 2.05) is 42.6 Å². The molecule has 0 amide bonds. The monoisotopic (exact) mass is 296 g/mol. The van der Waals surface area contributed by atoms with Gasteiger partial charge in [0.05, 0.1) is 16.9 Å². The molecule has 0 N–H and O–H groups in total. The molecule has 2 heterocycles. The topological polar surface area (TPSA) is 25.8 Å². The summed E-state index contributed by atoms with van der Waals surface area (Å²) in [6.07, 6.45) is 1.83. The number of pyridine rings is 2. The quantitative estimate of drug-likeness (QED) is 0.503. The van der Waals surface area contributed by atoms with Gasteiger partial charge in [0.2, 0.25) is 0 Å². The lowest BCUT2D eigenvalue weighted by atomic mass is 10.0. The van der Waals surface area contributed by atoms with Crippen LogP contribution < -0.4 is 0 Å². The summed E-state index contributed by atoms with van der Waals surface area (Å²) in [5.74, 6) is 0. The molecule has 23 heavy (non-hydrogen) atoms. The highest BCUT2D eigenvalue weighted by Crippen LogP contribution is 2.27. The van der Waals surface area contributed by atoms with Gasteiger partial charge in [-0.2, -0.15) is 0 Å². The van der Waals surface area contributed by atoms with E-state index >= 15 is 0 Å². The standard InChI is InChI=1S/C21H16N2/c1-15-12-17(19-7-4-5-11-22-19)14-18(13-15)21-10-9-16-6-2-3-8-20(16)23-21/h2-14H,1H3. The number of benzene rings is 2. The first-order valence-corrected chi connectivity index (χ1v) is 7.69. The maximum atomic E-state index is 4.80. The normalized spacial score (nSPS) is 10.8. The fourth-order valence-corrected chi connectivity index (χ4v) is 2.84. The van der Waals surface area contributed by atoms with Crippen LogP contribution in [0, 0.1) is 6.92 Å². The van der Waals surface area contributed by atoms with E-state index in [2.05, 4.69) is 48.3 Å². The smallest absolute Gasteiger partial charge is 0.0710 e. The van der Waals surface area contributed by atoms with Gasteiger partial charge in [-0.15, -0.1) is 0 Å². The van der Waals surface area contributed by atoms with Crippen molar-refractivity contribution in [2.45, 2.75) is 6.92 Å². The van der Waals surface area contributed by atoms with Crippen molar-refractivity contribution in [3.63, 3.8) is 0 Å². The minimum Gasteiger partial charge on any atom is -0.256 e. The molecule has 0 fully saturated rings. The molecule has 0 aliphatic carbocycles. The molecule has 4 aromatic rings. The molecule has 0 saturated carbocycles. The van der Waals surface area contributed by atoms with E-state index in [1.165, 1.54) is 5.56 Å². The molecule has 0 unspecified atom stereocenters. The van der Waals surface area contributed by atoms with Crippen molar-refractivity contribution < 1.29 is 0 Å². The second-order valence-electron chi connectivity index (χ2n) is 5.69. The van der Waals surface area contributed by atoms with E-state index in [0.29, 0.717) is 0 Å². The molecule has 2 heteroatoms. The summed E-state index contributed by atoms with van der Waals surface area (Å²) in [4.78, 5) is 9.26. The van der Waals surface area contributed by atoms with Gasteiger partial charge in [-0.3, -0.25) is 4.98 Å². The van der Waals surface area contributed by atoms with Gasteiger partial charge in [-0.25, -0.2) is 4.98 Å². The Morgan fingerprint density at radius 1 is 0.696 bits per heavy atom. The van der Waals surface area contributed by atoms with Crippen LogP contribution in [0.25, 0.3) is 33.4 Å².